The Labute approximate surface area is 173 Å². The number of amides is 2. The van der Waals surface area contributed by atoms with Crippen molar-refractivity contribution in [3.63, 3.8) is 0 Å². The molecule has 1 aromatic carbocycles. The molecule has 0 bridgehead atoms. The zero-order valence-corrected chi connectivity index (χ0v) is 17.3. The predicted molar refractivity (Wildman–Crippen MR) is 111 cm³/mol. The van der Waals surface area contributed by atoms with E-state index in [1.54, 1.807) is 0 Å². The molecule has 1 unspecified atom stereocenters. The van der Waals surface area contributed by atoms with Gasteiger partial charge in [-0.2, -0.15) is 0 Å². The summed E-state index contributed by atoms with van der Waals surface area (Å²) in [5.41, 5.74) is 1.06. The summed E-state index contributed by atoms with van der Waals surface area (Å²) in [4.78, 5) is 32.4. The van der Waals surface area contributed by atoms with Gasteiger partial charge >= 0.3 is 0 Å². The number of piperazine rings is 1. The lowest BCUT2D eigenvalue weighted by atomic mass is 9.94. The number of ether oxygens (including phenoxy) is 1. The van der Waals surface area contributed by atoms with Gasteiger partial charge in [0.25, 0.3) is 0 Å². The molecule has 1 atom stereocenters. The molecule has 2 heterocycles. The Morgan fingerprint density at radius 3 is 2.21 bits per heavy atom. The van der Waals surface area contributed by atoms with Crippen molar-refractivity contribution >= 4 is 11.8 Å². The molecule has 1 aliphatic carbocycles. The molecule has 1 saturated carbocycles. The van der Waals surface area contributed by atoms with Crippen molar-refractivity contribution in [2.45, 2.75) is 38.1 Å². The van der Waals surface area contributed by atoms with Crippen molar-refractivity contribution in [1.82, 2.24) is 14.7 Å². The van der Waals surface area contributed by atoms with E-state index in [4.69, 9.17) is 4.74 Å². The average Bonchev–Trinajstić information content (AvgIpc) is 3.30. The quantitative estimate of drug-likeness (QED) is 0.758. The summed E-state index contributed by atoms with van der Waals surface area (Å²) >= 11 is 0. The van der Waals surface area contributed by atoms with Crippen LogP contribution in [0.1, 0.15) is 31.2 Å². The van der Waals surface area contributed by atoms with Crippen molar-refractivity contribution in [3.8, 4) is 0 Å². The molecule has 3 fully saturated rings. The largest absolute Gasteiger partial charge is 0.378 e. The van der Waals surface area contributed by atoms with E-state index >= 15 is 0 Å². The lowest BCUT2D eigenvalue weighted by Crippen LogP contribution is -2.59. The van der Waals surface area contributed by atoms with Crippen molar-refractivity contribution in [2.24, 2.45) is 5.92 Å². The van der Waals surface area contributed by atoms with Crippen LogP contribution in [-0.4, -0.2) is 85.0 Å². The molecule has 158 valence electrons. The van der Waals surface area contributed by atoms with E-state index in [-0.39, 0.29) is 17.9 Å². The minimum absolute atomic E-state index is 0.0259. The molecular weight excluding hydrogens is 366 g/mol. The van der Waals surface area contributed by atoms with E-state index < -0.39 is 0 Å². The summed E-state index contributed by atoms with van der Waals surface area (Å²) in [5.74, 6) is 0.925. The summed E-state index contributed by atoms with van der Waals surface area (Å²) in [6, 6.07) is 9.91. The summed E-state index contributed by atoms with van der Waals surface area (Å²) in [6.45, 7) is 5.71. The van der Waals surface area contributed by atoms with Gasteiger partial charge in [0, 0.05) is 39.3 Å². The van der Waals surface area contributed by atoms with Crippen LogP contribution in [0.4, 0.5) is 0 Å². The molecule has 6 nitrogen and oxygen atoms in total. The van der Waals surface area contributed by atoms with E-state index in [9.17, 15) is 9.59 Å². The number of carbonyl (C=O) groups excluding carboxylic acids is 2. The fourth-order valence-electron chi connectivity index (χ4n) is 5.03. The highest BCUT2D eigenvalue weighted by Gasteiger charge is 2.39. The minimum Gasteiger partial charge on any atom is -0.378 e. The van der Waals surface area contributed by atoms with Crippen LogP contribution < -0.4 is 0 Å². The van der Waals surface area contributed by atoms with Gasteiger partial charge in [0.15, 0.2) is 0 Å². The maximum atomic E-state index is 13.4. The van der Waals surface area contributed by atoms with Crippen LogP contribution in [0, 0.1) is 5.92 Å². The Morgan fingerprint density at radius 2 is 1.55 bits per heavy atom. The molecule has 2 aliphatic heterocycles. The van der Waals surface area contributed by atoms with Gasteiger partial charge in [-0.3, -0.25) is 14.5 Å². The van der Waals surface area contributed by atoms with Crippen LogP contribution in [-0.2, 0) is 20.7 Å². The minimum atomic E-state index is -0.0259. The average molecular weight is 400 g/mol. The fraction of sp³-hybridized carbons (Fsp3) is 0.652. The maximum absolute atomic E-state index is 13.4. The molecule has 2 amide bonds. The normalized spacial score (nSPS) is 22.6. The van der Waals surface area contributed by atoms with Gasteiger partial charge in [0.2, 0.25) is 11.8 Å². The van der Waals surface area contributed by atoms with Crippen LogP contribution in [0.25, 0.3) is 0 Å². The number of carbonyl (C=O) groups is 2. The molecular formula is C23H33N3O3. The van der Waals surface area contributed by atoms with Crippen molar-refractivity contribution in [3.05, 3.63) is 35.9 Å². The molecule has 2 saturated heterocycles. The smallest absolute Gasteiger partial charge is 0.240 e. The van der Waals surface area contributed by atoms with Crippen LogP contribution >= 0.6 is 0 Å². The topological polar surface area (TPSA) is 53.1 Å². The summed E-state index contributed by atoms with van der Waals surface area (Å²) in [5, 5.41) is 0. The summed E-state index contributed by atoms with van der Waals surface area (Å²) in [7, 11) is 0. The molecule has 0 spiro atoms. The summed E-state index contributed by atoms with van der Waals surface area (Å²) < 4.78 is 5.44. The number of hydrogen-bond acceptors (Lipinski definition) is 4. The second-order valence-electron chi connectivity index (χ2n) is 8.51. The third kappa shape index (κ3) is 4.98. The molecule has 0 N–H and O–H groups in total. The molecule has 4 rings (SSSR count). The third-order valence-corrected chi connectivity index (χ3v) is 6.68. The molecule has 6 heteroatoms. The first-order chi connectivity index (χ1) is 14.2. The van der Waals surface area contributed by atoms with Gasteiger partial charge in [-0.15, -0.1) is 0 Å². The van der Waals surface area contributed by atoms with Crippen molar-refractivity contribution in [1.29, 1.82) is 0 Å². The SMILES string of the molecule is O=C(Cc1ccccc1)N1CCN(C(C(=O)N2CCOCC2)C2CCCC2)CC1. The van der Waals surface area contributed by atoms with Crippen molar-refractivity contribution in [2.75, 3.05) is 52.5 Å². The molecule has 29 heavy (non-hydrogen) atoms. The number of benzene rings is 1. The lowest BCUT2D eigenvalue weighted by Gasteiger charge is -2.43. The Morgan fingerprint density at radius 1 is 0.897 bits per heavy atom. The third-order valence-electron chi connectivity index (χ3n) is 6.68. The second kappa shape index (κ2) is 9.72. The molecule has 0 aromatic heterocycles. The first-order valence-corrected chi connectivity index (χ1v) is 11.1. The Hall–Kier alpha value is -1.92. The number of nitrogens with zero attached hydrogens (tertiary/aromatic N) is 3. The van der Waals surface area contributed by atoms with Crippen LogP contribution in [0.2, 0.25) is 0 Å². The lowest BCUT2D eigenvalue weighted by molar-refractivity contribution is -0.145. The highest BCUT2D eigenvalue weighted by molar-refractivity contribution is 5.82. The molecule has 1 aromatic rings. The highest BCUT2D eigenvalue weighted by Crippen LogP contribution is 2.32. The van der Waals surface area contributed by atoms with E-state index in [1.807, 2.05) is 40.1 Å². The van der Waals surface area contributed by atoms with Crippen LogP contribution in [0.15, 0.2) is 30.3 Å². The first-order valence-electron chi connectivity index (χ1n) is 11.1. The number of rotatable bonds is 5. The molecule has 0 radical (unpaired) electrons. The number of morpholine rings is 1. The monoisotopic (exact) mass is 399 g/mol. The Kier molecular flexibility index (Phi) is 6.82. The fourth-order valence-corrected chi connectivity index (χ4v) is 5.03. The van der Waals surface area contributed by atoms with Gasteiger partial charge in [-0.1, -0.05) is 43.2 Å². The van der Waals surface area contributed by atoms with E-state index in [2.05, 4.69) is 4.90 Å². The van der Waals surface area contributed by atoms with E-state index in [0.717, 1.165) is 31.5 Å². The van der Waals surface area contributed by atoms with E-state index in [1.165, 1.54) is 12.8 Å². The van der Waals surface area contributed by atoms with Gasteiger partial charge in [0.1, 0.15) is 0 Å². The van der Waals surface area contributed by atoms with Gasteiger partial charge in [-0.25, -0.2) is 0 Å². The standard InChI is InChI=1S/C23H33N3O3/c27-21(18-19-6-2-1-3-7-19)24-10-12-25(13-11-24)22(20-8-4-5-9-20)23(28)26-14-16-29-17-15-26/h1-3,6-7,20,22H,4-5,8-18H2. The number of hydrogen-bond donors (Lipinski definition) is 0. The molecule has 3 aliphatic rings. The maximum Gasteiger partial charge on any atom is 0.240 e. The zero-order chi connectivity index (χ0) is 20.1. The second-order valence-corrected chi connectivity index (χ2v) is 8.51. The van der Waals surface area contributed by atoms with Gasteiger partial charge in [0.05, 0.1) is 25.7 Å². The predicted octanol–water partition coefficient (Wildman–Crippen LogP) is 1.79. The van der Waals surface area contributed by atoms with Crippen molar-refractivity contribution < 1.29 is 14.3 Å². The van der Waals surface area contributed by atoms with E-state index in [0.29, 0.717) is 51.7 Å². The highest BCUT2D eigenvalue weighted by atomic mass is 16.5. The van der Waals surface area contributed by atoms with Gasteiger partial charge < -0.3 is 14.5 Å². The van der Waals surface area contributed by atoms with Crippen LogP contribution in [0.5, 0.6) is 0 Å². The zero-order valence-electron chi connectivity index (χ0n) is 17.3. The Balaban J connectivity index is 1.37. The Bertz CT molecular complexity index is 676. The first kappa shape index (κ1) is 20.4. The summed E-state index contributed by atoms with van der Waals surface area (Å²) in [6.07, 6.45) is 5.21. The van der Waals surface area contributed by atoms with Crippen LogP contribution in [0.3, 0.4) is 0 Å². The van der Waals surface area contributed by atoms with Gasteiger partial charge in [-0.05, 0) is 24.3 Å².